The molecule has 0 aliphatic heterocycles. The fraction of sp³-hybridized carbons (Fsp3) is 0.250. The first-order chi connectivity index (χ1) is 12.5. The number of benzene rings is 2. The second kappa shape index (κ2) is 7.63. The predicted molar refractivity (Wildman–Crippen MR) is 105 cm³/mol. The Labute approximate surface area is 156 Å². The quantitative estimate of drug-likeness (QED) is 0.638. The molecule has 0 saturated heterocycles. The van der Waals surface area contributed by atoms with Gasteiger partial charge in [0, 0.05) is 11.3 Å². The molecule has 132 valence electrons. The van der Waals surface area contributed by atoms with Crippen molar-refractivity contribution >= 4 is 34.5 Å². The number of amides is 1. The molecule has 0 fully saturated rings. The minimum absolute atomic E-state index is 0.0971. The van der Waals surface area contributed by atoms with Crippen LogP contribution in [0.15, 0.2) is 40.8 Å². The van der Waals surface area contributed by atoms with E-state index < -0.39 is 0 Å². The van der Waals surface area contributed by atoms with Gasteiger partial charge in [0.1, 0.15) is 10.9 Å². The number of nitrogens with zero attached hydrogens (tertiary/aromatic N) is 2. The Balaban J connectivity index is 1.89. The first-order valence-corrected chi connectivity index (χ1v) is 9.28. The van der Waals surface area contributed by atoms with Crippen LogP contribution in [0.5, 0.6) is 0 Å². The molecule has 1 heterocycles. The summed E-state index contributed by atoms with van der Waals surface area (Å²) in [5.41, 5.74) is 5.12. The van der Waals surface area contributed by atoms with E-state index in [0.717, 1.165) is 22.9 Å². The van der Waals surface area contributed by atoms with Gasteiger partial charge >= 0.3 is 0 Å². The summed E-state index contributed by atoms with van der Waals surface area (Å²) in [7, 11) is 0. The number of carbonyl (C=O) groups is 1. The number of hydrogen-bond acceptors (Lipinski definition) is 5. The predicted octanol–water partition coefficient (Wildman–Crippen LogP) is 5.08. The molecule has 3 aromatic rings. The Morgan fingerprint density at radius 3 is 2.69 bits per heavy atom. The van der Waals surface area contributed by atoms with Crippen LogP contribution in [0.2, 0.25) is 0 Å². The normalized spacial score (nSPS) is 10.9. The van der Waals surface area contributed by atoms with Crippen LogP contribution in [-0.2, 0) is 4.79 Å². The van der Waals surface area contributed by atoms with Crippen LogP contribution in [-0.4, -0.2) is 16.6 Å². The molecule has 0 atom stereocenters. The number of nitriles is 1. The van der Waals surface area contributed by atoms with Gasteiger partial charge in [0.15, 0.2) is 5.58 Å². The highest BCUT2D eigenvalue weighted by molar-refractivity contribution is 8.04. The summed E-state index contributed by atoms with van der Waals surface area (Å²) in [5, 5.41) is 13.2. The van der Waals surface area contributed by atoms with Gasteiger partial charge in [-0.3, -0.25) is 4.79 Å². The molecule has 0 radical (unpaired) electrons. The summed E-state index contributed by atoms with van der Waals surface area (Å²) in [6.45, 7) is 6.23. The van der Waals surface area contributed by atoms with Gasteiger partial charge < -0.3 is 9.73 Å². The van der Waals surface area contributed by atoms with Crippen molar-refractivity contribution in [2.24, 2.45) is 0 Å². The molecule has 1 aromatic heterocycles. The standard InChI is InChI=1S/C20H19N3O2S/c1-12(2)14-4-6-15(7-5-14)20-23-17-9-16(8-13(3)19(17)25-20)22-18(24)10-26-11-21/h4-9,12H,10H2,1-3H3,(H,22,24). The van der Waals surface area contributed by atoms with Gasteiger partial charge in [-0.1, -0.05) is 26.0 Å². The van der Waals surface area contributed by atoms with Crippen LogP contribution < -0.4 is 5.32 Å². The monoisotopic (exact) mass is 365 g/mol. The third kappa shape index (κ3) is 3.89. The second-order valence-corrected chi connectivity index (χ2v) is 7.13. The summed E-state index contributed by atoms with van der Waals surface area (Å²) in [6.07, 6.45) is 0. The lowest BCUT2D eigenvalue weighted by atomic mass is 10.0. The molecule has 1 N–H and O–H groups in total. The topological polar surface area (TPSA) is 78.9 Å². The lowest BCUT2D eigenvalue weighted by molar-refractivity contribution is -0.113. The summed E-state index contributed by atoms with van der Waals surface area (Å²) < 4.78 is 5.94. The molecular weight excluding hydrogens is 346 g/mol. The summed E-state index contributed by atoms with van der Waals surface area (Å²) in [6, 6.07) is 11.8. The number of nitrogens with one attached hydrogen (secondary N) is 1. The second-order valence-electron chi connectivity index (χ2n) is 6.37. The van der Waals surface area contributed by atoms with Crippen LogP contribution in [0.3, 0.4) is 0 Å². The molecule has 0 unspecified atom stereocenters. The number of rotatable bonds is 5. The Morgan fingerprint density at radius 1 is 1.31 bits per heavy atom. The highest BCUT2D eigenvalue weighted by atomic mass is 32.2. The van der Waals surface area contributed by atoms with Gasteiger partial charge in [0.05, 0.1) is 5.75 Å². The van der Waals surface area contributed by atoms with Crippen LogP contribution in [0, 0.1) is 17.6 Å². The molecule has 6 heteroatoms. The van der Waals surface area contributed by atoms with E-state index in [2.05, 4.69) is 36.3 Å². The Kier molecular flexibility index (Phi) is 5.29. The van der Waals surface area contributed by atoms with Gasteiger partial charge in [0.2, 0.25) is 11.8 Å². The number of carbonyl (C=O) groups excluding carboxylic acids is 1. The number of anilines is 1. The number of aromatic nitrogens is 1. The van der Waals surface area contributed by atoms with E-state index in [0.29, 0.717) is 28.6 Å². The lowest BCUT2D eigenvalue weighted by Gasteiger charge is -2.04. The van der Waals surface area contributed by atoms with Crippen molar-refractivity contribution in [1.29, 1.82) is 5.26 Å². The Morgan fingerprint density at radius 2 is 2.04 bits per heavy atom. The van der Waals surface area contributed by atoms with E-state index >= 15 is 0 Å². The molecule has 0 bridgehead atoms. The van der Waals surface area contributed by atoms with Crippen LogP contribution in [0.25, 0.3) is 22.6 Å². The molecule has 5 nitrogen and oxygen atoms in total. The summed E-state index contributed by atoms with van der Waals surface area (Å²) in [4.78, 5) is 16.4. The Hall–Kier alpha value is -2.78. The third-order valence-electron chi connectivity index (χ3n) is 4.05. The zero-order valence-corrected chi connectivity index (χ0v) is 15.7. The largest absolute Gasteiger partial charge is 0.436 e. The minimum atomic E-state index is -0.219. The fourth-order valence-electron chi connectivity index (χ4n) is 2.70. The Bertz CT molecular complexity index is 985. The van der Waals surface area contributed by atoms with Crippen molar-refractivity contribution in [3.8, 4) is 16.9 Å². The van der Waals surface area contributed by atoms with Crippen molar-refractivity contribution in [2.75, 3.05) is 11.1 Å². The van der Waals surface area contributed by atoms with E-state index in [1.54, 1.807) is 6.07 Å². The molecule has 0 aliphatic carbocycles. The van der Waals surface area contributed by atoms with Crippen LogP contribution in [0.4, 0.5) is 5.69 Å². The number of hydrogen-bond donors (Lipinski definition) is 1. The average Bonchev–Trinajstić information content (AvgIpc) is 3.04. The lowest BCUT2D eigenvalue weighted by Crippen LogP contribution is -2.13. The maximum Gasteiger partial charge on any atom is 0.235 e. The first-order valence-electron chi connectivity index (χ1n) is 8.30. The van der Waals surface area contributed by atoms with Crippen molar-refractivity contribution in [1.82, 2.24) is 4.98 Å². The number of fused-ring (bicyclic) bond motifs is 1. The van der Waals surface area contributed by atoms with E-state index in [-0.39, 0.29) is 11.7 Å². The van der Waals surface area contributed by atoms with Crippen LogP contribution >= 0.6 is 11.8 Å². The third-order valence-corrected chi connectivity index (χ3v) is 4.59. The van der Waals surface area contributed by atoms with Gasteiger partial charge in [-0.25, -0.2) is 4.98 Å². The maximum absolute atomic E-state index is 11.8. The van der Waals surface area contributed by atoms with Gasteiger partial charge in [-0.2, -0.15) is 5.26 Å². The number of thioether (sulfide) groups is 1. The molecule has 0 spiro atoms. The van der Waals surface area contributed by atoms with E-state index in [9.17, 15) is 4.79 Å². The summed E-state index contributed by atoms with van der Waals surface area (Å²) >= 11 is 0.907. The summed E-state index contributed by atoms with van der Waals surface area (Å²) in [5.74, 6) is 0.908. The first kappa shape index (κ1) is 18.0. The van der Waals surface area contributed by atoms with E-state index in [1.165, 1.54) is 5.56 Å². The fourth-order valence-corrected chi connectivity index (χ4v) is 2.97. The average molecular weight is 365 g/mol. The molecule has 26 heavy (non-hydrogen) atoms. The van der Waals surface area contributed by atoms with Gasteiger partial charge in [-0.15, -0.1) is 0 Å². The molecular formula is C20H19N3O2S. The van der Waals surface area contributed by atoms with Crippen molar-refractivity contribution < 1.29 is 9.21 Å². The zero-order valence-electron chi connectivity index (χ0n) is 14.9. The van der Waals surface area contributed by atoms with Gasteiger partial charge in [-0.05, 0) is 60.0 Å². The molecule has 1 amide bonds. The van der Waals surface area contributed by atoms with Gasteiger partial charge in [0.25, 0.3) is 0 Å². The van der Waals surface area contributed by atoms with Crippen molar-refractivity contribution in [3.05, 3.63) is 47.5 Å². The van der Waals surface area contributed by atoms with E-state index in [1.807, 2.05) is 30.5 Å². The number of oxazole rings is 1. The number of aryl methyl sites for hydroxylation is 1. The van der Waals surface area contributed by atoms with E-state index in [4.69, 9.17) is 9.68 Å². The molecule has 3 rings (SSSR count). The highest BCUT2D eigenvalue weighted by Crippen LogP contribution is 2.29. The van der Waals surface area contributed by atoms with Crippen molar-refractivity contribution in [3.63, 3.8) is 0 Å². The van der Waals surface area contributed by atoms with Crippen LogP contribution in [0.1, 0.15) is 30.9 Å². The number of thiocyanates is 1. The smallest absolute Gasteiger partial charge is 0.235 e. The SMILES string of the molecule is Cc1cc(NC(=O)CSC#N)cc2nc(-c3ccc(C(C)C)cc3)oc12. The van der Waals surface area contributed by atoms with Crippen molar-refractivity contribution in [2.45, 2.75) is 26.7 Å². The molecule has 0 saturated carbocycles. The minimum Gasteiger partial charge on any atom is -0.436 e. The zero-order chi connectivity index (χ0) is 18.7. The maximum atomic E-state index is 11.8. The molecule has 2 aromatic carbocycles. The molecule has 0 aliphatic rings. The highest BCUT2D eigenvalue weighted by Gasteiger charge is 2.13.